The molecule has 3 aliphatic carbocycles. The van der Waals surface area contributed by atoms with Gasteiger partial charge in [-0.05, 0) is 159 Å². The van der Waals surface area contributed by atoms with Gasteiger partial charge in [-0.3, -0.25) is 0 Å². The molecule has 0 amide bonds. The second-order valence-corrected chi connectivity index (χ2v) is 24.7. The first kappa shape index (κ1) is 45.0. The highest BCUT2D eigenvalue weighted by molar-refractivity contribution is 7.99. The van der Waals surface area contributed by atoms with E-state index in [1.807, 2.05) is 48.2 Å². The van der Waals surface area contributed by atoms with Crippen LogP contribution >= 0.6 is 11.8 Å². The summed E-state index contributed by atoms with van der Waals surface area (Å²) >= 11 is 1.88. The summed E-state index contributed by atoms with van der Waals surface area (Å²) in [4.78, 5) is 3.34. The third-order valence-electron chi connectivity index (χ3n) is 18.3. The second kappa shape index (κ2) is 16.2. The Bertz CT molecular complexity index is 4580. The van der Waals surface area contributed by atoms with E-state index in [-0.39, 0.29) is 0 Å². The molecular formula is C75H46O2S2. The van der Waals surface area contributed by atoms with Gasteiger partial charge in [0.25, 0.3) is 0 Å². The van der Waals surface area contributed by atoms with E-state index in [0.717, 1.165) is 44.5 Å². The first-order chi connectivity index (χ1) is 38.9. The summed E-state index contributed by atoms with van der Waals surface area (Å²) in [5.41, 5.74) is 24.1. The number of sulfone groups is 1. The molecular weight excluding hydrogens is 997 g/mol. The number of hydrogen-bond donors (Lipinski definition) is 0. The van der Waals surface area contributed by atoms with E-state index in [9.17, 15) is 8.42 Å². The molecule has 12 aromatic carbocycles. The Labute approximate surface area is 464 Å². The van der Waals surface area contributed by atoms with Gasteiger partial charge < -0.3 is 0 Å². The van der Waals surface area contributed by atoms with Crippen molar-refractivity contribution in [1.29, 1.82) is 0 Å². The minimum Gasteiger partial charge on any atom is -0.218 e. The van der Waals surface area contributed by atoms with Crippen molar-refractivity contribution in [2.45, 2.75) is 35.8 Å². The van der Waals surface area contributed by atoms with Gasteiger partial charge in [-0.2, -0.15) is 0 Å². The molecule has 5 aliphatic rings. The SMILES string of the molecule is O=S1(=O)c2ccccc2C2(c3ccccc3-c3ccc(-c4ccc(C5(c6ccc(-c7ccc8c(c7)C7(c9ccccc9Sc9ccccc97)c7ccccc7-8)cc6)c6ccccc6-c6ccccc65)cc4)cc32)c2ccccc21. The molecule has 0 unspecified atom stereocenters. The van der Waals surface area contributed by atoms with Crippen LogP contribution in [0.3, 0.4) is 0 Å². The Morgan fingerprint density at radius 1 is 0.241 bits per heavy atom. The topological polar surface area (TPSA) is 34.1 Å². The fourth-order valence-electron chi connectivity index (χ4n) is 15.2. The second-order valence-electron chi connectivity index (χ2n) is 21.7. The average Bonchev–Trinajstić information content (AvgIpc) is 4.33. The van der Waals surface area contributed by atoms with Crippen molar-refractivity contribution in [1.82, 2.24) is 0 Å². The zero-order valence-electron chi connectivity index (χ0n) is 42.7. The van der Waals surface area contributed by atoms with Crippen molar-refractivity contribution in [3.8, 4) is 55.6 Å². The van der Waals surface area contributed by atoms with E-state index in [1.54, 1.807) is 12.1 Å². The maximum absolute atomic E-state index is 14.4. The van der Waals surface area contributed by atoms with Crippen LogP contribution in [0.15, 0.2) is 299 Å². The van der Waals surface area contributed by atoms with Crippen molar-refractivity contribution in [3.63, 3.8) is 0 Å². The Kier molecular flexibility index (Phi) is 9.26. The number of hydrogen-bond acceptors (Lipinski definition) is 3. The van der Waals surface area contributed by atoms with E-state index in [4.69, 9.17) is 0 Å². The van der Waals surface area contributed by atoms with Gasteiger partial charge in [-0.15, -0.1) is 0 Å². The van der Waals surface area contributed by atoms with Crippen molar-refractivity contribution in [3.05, 3.63) is 346 Å². The van der Waals surface area contributed by atoms with Gasteiger partial charge in [0.1, 0.15) is 0 Å². The molecule has 0 bridgehead atoms. The highest BCUT2D eigenvalue weighted by Gasteiger charge is 2.54. The Hall–Kier alpha value is -9.06. The Balaban J connectivity index is 0.812. The van der Waals surface area contributed by atoms with Gasteiger partial charge in [0.05, 0.1) is 26.0 Å². The van der Waals surface area contributed by atoms with Crippen LogP contribution in [0.4, 0.5) is 0 Å². The molecule has 2 nitrogen and oxygen atoms in total. The fraction of sp³-hybridized carbons (Fsp3) is 0.0400. The summed E-state index contributed by atoms with van der Waals surface area (Å²) in [6.07, 6.45) is 0. The minimum absolute atomic E-state index is 0.365. The van der Waals surface area contributed by atoms with Crippen LogP contribution in [0, 0.1) is 0 Å². The molecule has 12 aromatic rings. The zero-order valence-corrected chi connectivity index (χ0v) is 44.3. The third kappa shape index (κ3) is 5.69. The molecule has 0 saturated heterocycles. The molecule has 0 saturated carbocycles. The van der Waals surface area contributed by atoms with Gasteiger partial charge in [-0.1, -0.05) is 254 Å². The van der Waals surface area contributed by atoms with Crippen LogP contribution in [0.1, 0.15) is 66.8 Å². The van der Waals surface area contributed by atoms with Gasteiger partial charge >= 0.3 is 0 Å². The highest BCUT2D eigenvalue weighted by Crippen LogP contribution is 2.64. The summed E-state index contributed by atoms with van der Waals surface area (Å²) in [5, 5.41) is 0. The van der Waals surface area contributed by atoms with E-state index < -0.39 is 26.1 Å². The van der Waals surface area contributed by atoms with E-state index >= 15 is 0 Å². The molecule has 4 heteroatoms. The maximum atomic E-state index is 14.4. The van der Waals surface area contributed by atoms with Crippen LogP contribution in [-0.4, -0.2) is 8.42 Å². The van der Waals surface area contributed by atoms with Gasteiger partial charge in [0, 0.05) is 9.79 Å². The van der Waals surface area contributed by atoms with Gasteiger partial charge in [-0.25, -0.2) is 8.42 Å². The molecule has 0 aromatic heterocycles. The summed E-state index contributed by atoms with van der Waals surface area (Å²) in [6, 6.07) is 101. The summed E-state index contributed by atoms with van der Waals surface area (Å²) in [5.74, 6) is 0. The smallest absolute Gasteiger partial charge is 0.207 e. The lowest BCUT2D eigenvalue weighted by Gasteiger charge is -2.39. The fourth-order valence-corrected chi connectivity index (χ4v) is 18.2. The minimum atomic E-state index is -3.77. The Morgan fingerprint density at radius 3 is 0.937 bits per heavy atom. The van der Waals surface area contributed by atoms with Crippen molar-refractivity contribution in [2.75, 3.05) is 0 Å². The van der Waals surface area contributed by atoms with E-state index in [1.165, 1.54) is 87.7 Å². The highest BCUT2D eigenvalue weighted by atomic mass is 32.2. The van der Waals surface area contributed by atoms with Crippen LogP contribution in [0.5, 0.6) is 0 Å². The van der Waals surface area contributed by atoms with Crippen LogP contribution < -0.4 is 0 Å². The van der Waals surface area contributed by atoms with Crippen LogP contribution in [-0.2, 0) is 26.1 Å². The van der Waals surface area contributed by atoms with E-state index in [2.05, 4.69) is 231 Å². The predicted molar refractivity (Wildman–Crippen MR) is 319 cm³/mol. The molecule has 370 valence electrons. The van der Waals surface area contributed by atoms with E-state index in [0.29, 0.717) is 9.79 Å². The van der Waals surface area contributed by atoms with Crippen molar-refractivity contribution in [2.24, 2.45) is 0 Å². The number of rotatable bonds is 4. The molecule has 79 heavy (non-hydrogen) atoms. The third-order valence-corrected chi connectivity index (χ3v) is 21.3. The first-order valence-electron chi connectivity index (χ1n) is 27.1. The lowest BCUT2D eigenvalue weighted by molar-refractivity contribution is 0.580. The van der Waals surface area contributed by atoms with Crippen molar-refractivity contribution >= 4 is 21.6 Å². The lowest BCUT2D eigenvalue weighted by Crippen LogP contribution is -2.35. The molecule has 0 atom stereocenters. The molecule has 0 N–H and O–H groups in total. The first-order valence-corrected chi connectivity index (χ1v) is 29.4. The maximum Gasteiger partial charge on any atom is 0.207 e. The number of fused-ring (bicyclic) bond motifs is 21. The molecule has 17 rings (SSSR count). The number of benzene rings is 12. The molecule has 2 heterocycles. The average molecular weight is 1040 g/mol. The predicted octanol–water partition coefficient (Wildman–Crippen LogP) is 17.7. The molecule has 2 aliphatic heterocycles. The summed E-state index contributed by atoms with van der Waals surface area (Å²) in [7, 11) is -3.77. The lowest BCUT2D eigenvalue weighted by atomic mass is 9.66. The van der Waals surface area contributed by atoms with Gasteiger partial charge in [0.2, 0.25) is 9.84 Å². The summed E-state index contributed by atoms with van der Waals surface area (Å²) in [6.45, 7) is 0. The Morgan fingerprint density at radius 2 is 0.532 bits per heavy atom. The quantitative estimate of drug-likeness (QED) is 0.176. The molecule has 0 fully saturated rings. The normalized spacial score (nSPS) is 15.8. The summed E-state index contributed by atoms with van der Waals surface area (Å²) < 4.78 is 28.9. The molecule has 2 spiro atoms. The zero-order chi connectivity index (χ0) is 52.2. The van der Waals surface area contributed by atoms with Gasteiger partial charge in [0.15, 0.2) is 0 Å². The molecule has 0 radical (unpaired) electrons. The standard InChI is InChI=1S/C75H46O2S2/c76-79(77)71-31-15-11-27-65(71)75(66-28-12-16-32-72(66)79)62-24-8-4-20-56(62)58-44-38-50(46-68(58)75)48-35-41-52(42-36-48)73(59-21-5-1-17-53(59)54-18-2-6-22-60(54)73)51-39-33-47(34-40-51)49-37-43-57-55-19-3-7-23-61(55)74(67(57)45-49)63-25-9-13-29-69(63)78-70-30-14-10-26-64(70)74/h1-46H. The largest absolute Gasteiger partial charge is 0.218 e. The van der Waals surface area contributed by atoms with Crippen LogP contribution in [0.2, 0.25) is 0 Å². The van der Waals surface area contributed by atoms with Crippen LogP contribution in [0.25, 0.3) is 55.6 Å². The van der Waals surface area contributed by atoms with Crippen molar-refractivity contribution < 1.29 is 8.42 Å². The monoisotopic (exact) mass is 1040 g/mol.